The number of carbonyl (C=O) groups is 1. The zero-order valence-corrected chi connectivity index (χ0v) is 18.2. The van der Waals surface area contributed by atoms with Gasteiger partial charge in [-0.1, -0.05) is 62.9 Å². The van der Waals surface area contributed by atoms with Gasteiger partial charge in [0.25, 0.3) is 0 Å². The Labute approximate surface area is 178 Å². The van der Waals surface area contributed by atoms with Gasteiger partial charge in [0.1, 0.15) is 12.2 Å². The van der Waals surface area contributed by atoms with E-state index in [9.17, 15) is 4.79 Å². The van der Waals surface area contributed by atoms with Gasteiger partial charge in [0.05, 0.1) is 6.42 Å². The Morgan fingerprint density at radius 1 is 1.24 bits per heavy atom. The zero-order valence-electron chi connectivity index (χ0n) is 17.5. The normalized spacial score (nSPS) is 21.2. The molecule has 4 rings (SSSR count). The lowest BCUT2D eigenvalue weighted by atomic mass is 9.67. The van der Waals surface area contributed by atoms with Gasteiger partial charge < -0.3 is 9.47 Å². The molecule has 1 amide bonds. The Morgan fingerprint density at radius 2 is 2.00 bits per heavy atom. The summed E-state index contributed by atoms with van der Waals surface area (Å²) in [6, 6.07) is 7.65. The summed E-state index contributed by atoms with van der Waals surface area (Å²) in [5, 5.41) is 9.45. The Morgan fingerprint density at radius 3 is 2.72 bits per heavy atom. The van der Waals surface area contributed by atoms with Gasteiger partial charge in [0.2, 0.25) is 5.91 Å². The average Bonchev–Trinajstić information content (AvgIpc) is 3.28. The summed E-state index contributed by atoms with van der Waals surface area (Å²) >= 11 is 6.30. The van der Waals surface area contributed by atoms with Crippen molar-refractivity contribution in [3.05, 3.63) is 47.0 Å². The van der Waals surface area contributed by atoms with Crippen LogP contribution in [-0.2, 0) is 17.8 Å². The summed E-state index contributed by atoms with van der Waals surface area (Å²) in [6.45, 7) is 6.92. The smallest absolute Gasteiger partial charge is 0.227 e. The summed E-state index contributed by atoms with van der Waals surface area (Å²) in [6.07, 6.45) is 8.33. The number of rotatable bonds is 5. The van der Waals surface area contributed by atoms with Gasteiger partial charge in [-0.2, -0.15) is 0 Å². The molecule has 1 saturated carbocycles. The number of likely N-dealkylation sites (tertiary alicyclic amines) is 1. The third-order valence-electron chi connectivity index (χ3n) is 6.67. The van der Waals surface area contributed by atoms with Gasteiger partial charge >= 0.3 is 0 Å². The van der Waals surface area contributed by atoms with Crippen LogP contribution in [0.2, 0.25) is 5.02 Å². The van der Waals surface area contributed by atoms with E-state index in [-0.39, 0.29) is 17.2 Å². The summed E-state index contributed by atoms with van der Waals surface area (Å²) in [5.41, 5.74) is 1.04. The number of halogens is 1. The molecule has 156 valence electrons. The molecule has 1 unspecified atom stereocenters. The molecule has 1 aromatic carbocycles. The molecule has 2 aliphatic rings. The molecule has 5 nitrogen and oxygen atoms in total. The third-order valence-corrected chi connectivity index (χ3v) is 7.04. The van der Waals surface area contributed by atoms with Crippen molar-refractivity contribution in [2.45, 2.75) is 64.8 Å². The first kappa shape index (κ1) is 20.4. The number of aromatic nitrogens is 3. The van der Waals surface area contributed by atoms with Crippen molar-refractivity contribution >= 4 is 17.5 Å². The lowest BCUT2D eigenvalue weighted by Crippen LogP contribution is -2.35. The lowest BCUT2D eigenvalue weighted by molar-refractivity contribution is -0.129. The van der Waals surface area contributed by atoms with Crippen molar-refractivity contribution in [1.29, 1.82) is 0 Å². The van der Waals surface area contributed by atoms with E-state index in [2.05, 4.69) is 33.5 Å². The highest BCUT2D eigenvalue weighted by atomic mass is 35.5. The molecular weight excluding hydrogens is 384 g/mol. The predicted molar refractivity (Wildman–Crippen MR) is 115 cm³/mol. The summed E-state index contributed by atoms with van der Waals surface area (Å²) in [4.78, 5) is 15.3. The van der Waals surface area contributed by atoms with Gasteiger partial charge in [-0.05, 0) is 35.8 Å². The molecular formula is C23H31ClN4O. The Kier molecular flexibility index (Phi) is 5.95. The first-order valence-corrected chi connectivity index (χ1v) is 11.3. The van der Waals surface area contributed by atoms with E-state index in [0.717, 1.165) is 31.0 Å². The van der Waals surface area contributed by atoms with E-state index in [1.54, 1.807) is 0 Å². The molecule has 2 heterocycles. The number of benzene rings is 1. The highest BCUT2D eigenvalue weighted by Crippen LogP contribution is 2.51. The second kappa shape index (κ2) is 8.47. The Balaban J connectivity index is 1.59. The maximum Gasteiger partial charge on any atom is 0.227 e. The van der Waals surface area contributed by atoms with Crippen LogP contribution in [0.1, 0.15) is 63.3 Å². The fraction of sp³-hybridized carbons (Fsp3) is 0.609. The monoisotopic (exact) mass is 414 g/mol. The van der Waals surface area contributed by atoms with Crippen molar-refractivity contribution in [1.82, 2.24) is 19.7 Å². The largest absolute Gasteiger partial charge is 0.341 e. The first-order chi connectivity index (χ1) is 14.0. The minimum atomic E-state index is 0.135. The topological polar surface area (TPSA) is 51.0 Å². The summed E-state index contributed by atoms with van der Waals surface area (Å²) < 4.78 is 2.22. The van der Waals surface area contributed by atoms with Crippen LogP contribution in [0.3, 0.4) is 0 Å². The molecule has 2 aromatic rings. The second-order valence-corrected chi connectivity index (χ2v) is 9.66. The molecule has 1 saturated heterocycles. The lowest BCUT2D eigenvalue weighted by Gasteiger charge is -2.37. The predicted octanol–water partition coefficient (Wildman–Crippen LogP) is 4.71. The van der Waals surface area contributed by atoms with Gasteiger partial charge in [-0.3, -0.25) is 4.79 Å². The van der Waals surface area contributed by atoms with E-state index in [1.807, 2.05) is 30.6 Å². The van der Waals surface area contributed by atoms with Gasteiger partial charge in [0.15, 0.2) is 0 Å². The Bertz CT molecular complexity index is 856. The molecule has 0 bridgehead atoms. The van der Waals surface area contributed by atoms with Crippen molar-refractivity contribution < 1.29 is 4.79 Å². The maximum atomic E-state index is 13.2. The molecule has 0 radical (unpaired) electrons. The minimum absolute atomic E-state index is 0.135. The van der Waals surface area contributed by atoms with Crippen LogP contribution in [0.25, 0.3) is 0 Å². The van der Waals surface area contributed by atoms with Crippen LogP contribution >= 0.6 is 11.6 Å². The fourth-order valence-corrected chi connectivity index (χ4v) is 5.46. The van der Waals surface area contributed by atoms with Crippen LogP contribution in [0.15, 0.2) is 30.6 Å². The molecule has 1 atom stereocenters. The average molecular weight is 415 g/mol. The highest BCUT2D eigenvalue weighted by molar-refractivity contribution is 6.31. The van der Waals surface area contributed by atoms with E-state index < -0.39 is 0 Å². The van der Waals surface area contributed by atoms with Crippen molar-refractivity contribution in [3.63, 3.8) is 0 Å². The molecule has 1 aliphatic carbocycles. The second-order valence-electron chi connectivity index (χ2n) is 9.25. The maximum absolute atomic E-state index is 13.2. The molecule has 6 heteroatoms. The summed E-state index contributed by atoms with van der Waals surface area (Å²) in [5.74, 6) is 2.03. The molecule has 29 heavy (non-hydrogen) atoms. The van der Waals surface area contributed by atoms with E-state index >= 15 is 0 Å². The van der Waals surface area contributed by atoms with Crippen molar-refractivity contribution in [2.24, 2.45) is 11.3 Å². The van der Waals surface area contributed by atoms with Crippen LogP contribution < -0.4 is 0 Å². The standard InChI is InChI=1S/C23H31ClN4O/c1-17(2)13-28-16-25-26-22(28)19-14-27(15-23(19)10-6-3-7-11-23)21(29)12-18-8-4-5-9-20(18)24/h4-5,8-9,16-17,19H,3,6-7,10-15H2,1-2H3. The first-order valence-electron chi connectivity index (χ1n) is 10.9. The van der Waals surface area contributed by atoms with Crippen LogP contribution in [0, 0.1) is 11.3 Å². The van der Waals surface area contributed by atoms with E-state index in [1.165, 1.54) is 32.1 Å². The quantitative estimate of drug-likeness (QED) is 0.712. The molecule has 1 spiro atoms. The number of hydrogen-bond acceptors (Lipinski definition) is 3. The Hall–Kier alpha value is -1.88. The number of amides is 1. The summed E-state index contributed by atoms with van der Waals surface area (Å²) in [7, 11) is 0. The molecule has 1 aromatic heterocycles. The number of nitrogens with zero attached hydrogens (tertiary/aromatic N) is 4. The minimum Gasteiger partial charge on any atom is -0.341 e. The zero-order chi connectivity index (χ0) is 20.4. The number of carbonyl (C=O) groups excluding carboxylic acids is 1. The van der Waals surface area contributed by atoms with Crippen LogP contribution in [0.5, 0.6) is 0 Å². The molecule has 0 N–H and O–H groups in total. The number of hydrogen-bond donors (Lipinski definition) is 0. The van der Waals surface area contributed by atoms with Gasteiger partial charge in [-0.25, -0.2) is 0 Å². The SMILES string of the molecule is CC(C)Cn1cnnc1C1CN(C(=O)Cc2ccccc2Cl)CC12CCCCC2. The van der Waals surface area contributed by atoms with Crippen LogP contribution in [-0.4, -0.2) is 38.7 Å². The van der Waals surface area contributed by atoms with Gasteiger partial charge in [-0.15, -0.1) is 10.2 Å². The molecule has 2 fully saturated rings. The van der Waals surface area contributed by atoms with E-state index in [0.29, 0.717) is 17.4 Å². The third kappa shape index (κ3) is 4.20. The van der Waals surface area contributed by atoms with Crippen molar-refractivity contribution in [3.8, 4) is 0 Å². The van der Waals surface area contributed by atoms with Crippen LogP contribution in [0.4, 0.5) is 0 Å². The van der Waals surface area contributed by atoms with Gasteiger partial charge in [0, 0.05) is 30.6 Å². The van der Waals surface area contributed by atoms with Crippen molar-refractivity contribution in [2.75, 3.05) is 13.1 Å². The highest BCUT2D eigenvalue weighted by Gasteiger charge is 2.50. The fourth-order valence-electron chi connectivity index (χ4n) is 5.26. The van der Waals surface area contributed by atoms with E-state index in [4.69, 9.17) is 11.6 Å². The molecule has 1 aliphatic heterocycles.